The molecule has 0 aliphatic carbocycles. The minimum Gasteiger partial charge on any atom is -0.493 e. The zero-order valence-electron chi connectivity index (χ0n) is 14.3. The molecule has 0 aliphatic rings. The van der Waals surface area contributed by atoms with Gasteiger partial charge in [0.2, 0.25) is 17.4 Å². The first-order chi connectivity index (χ1) is 12.8. The summed E-state index contributed by atoms with van der Waals surface area (Å²) in [7, 11) is 1.47. The summed E-state index contributed by atoms with van der Waals surface area (Å²) in [5.41, 5.74) is -0.541. The number of hydrogen-bond acceptors (Lipinski definition) is 6. The molecule has 0 atom stereocenters. The van der Waals surface area contributed by atoms with Gasteiger partial charge in [0.05, 0.1) is 10.6 Å². The molecule has 2 aromatic carbocycles. The van der Waals surface area contributed by atoms with Gasteiger partial charge in [-0.15, -0.1) is 0 Å². The Labute approximate surface area is 158 Å². The summed E-state index contributed by atoms with van der Waals surface area (Å²) >= 11 is 5.82. The van der Waals surface area contributed by atoms with Crippen molar-refractivity contribution >= 4 is 23.1 Å². The van der Waals surface area contributed by atoms with Crippen molar-refractivity contribution in [1.82, 2.24) is 9.78 Å². The van der Waals surface area contributed by atoms with E-state index < -0.39 is 16.4 Å². The van der Waals surface area contributed by atoms with E-state index >= 15 is 0 Å². The topological polar surface area (TPSA) is 107 Å². The van der Waals surface area contributed by atoms with Crippen molar-refractivity contribution in [2.24, 2.45) is 7.05 Å². The SMILES string of the molecule is Cc1nn(C)c(O)c1C(=O)c1cccc(Oc2ccc(Cl)cc2)c1[N+](=O)[O-]. The summed E-state index contributed by atoms with van der Waals surface area (Å²) in [6, 6.07) is 10.4. The second-order valence-corrected chi connectivity index (χ2v) is 6.14. The Morgan fingerprint density at radius 1 is 1.26 bits per heavy atom. The first kappa shape index (κ1) is 18.4. The number of nitro groups is 1. The van der Waals surface area contributed by atoms with Crippen LogP contribution in [0.5, 0.6) is 17.4 Å². The number of ketones is 1. The zero-order valence-corrected chi connectivity index (χ0v) is 15.1. The molecule has 9 heteroatoms. The Bertz CT molecular complexity index is 1040. The lowest BCUT2D eigenvalue weighted by Gasteiger charge is -2.09. The number of aryl methyl sites for hydroxylation is 2. The number of nitrogens with zero attached hydrogens (tertiary/aromatic N) is 3. The van der Waals surface area contributed by atoms with Crippen LogP contribution in [-0.2, 0) is 7.05 Å². The molecule has 0 unspecified atom stereocenters. The molecule has 3 aromatic rings. The quantitative estimate of drug-likeness (QED) is 0.402. The van der Waals surface area contributed by atoms with Crippen LogP contribution in [-0.4, -0.2) is 25.6 Å². The fraction of sp³-hybridized carbons (Fsp3) is 0.111. The van der Waals surface area contributed by atoms with Gasteiger partial charge in [-0.2, -0.15) is 5.10 Å². The van der Waals surface area contributed by atoms with Gasteiger partial charge in [-0.25, -0.2) is 4.68 Å². The summed E-state index contributed by atoms with van der Waals surface area (Å²) in [6.45, 7) is 1.53. The lowest BCUT2D eigenvalue weighted by Crippen LogP contribution is -2.07. The number of ether oxygens (including phenoxy) is 1. The molecule has 3 rings (SSSR count). The zero-order chi connectivity index (χ0) is 19.7. The molecule has 0 saturated carbocycles. The van der Waals surface area contributed by atoms with Gasteiger partial charge >= 0.3 is 5.69 Å². The van der Waals surface area contributed by atoms with Crippen LogP contribution in [0.1, 0.15) is 21.6 Å². The van der Waals surface area contributed by atoms with E-state index in [0.29, 0.717) is 10.8 Å². The highest BCUT2D eigenvalue weighted by molar-refractivity contribution is 6.30. The number of halogens is 1. The van der Waals surface area contributed by atoms with Gasteiger partial charge in [-0.3, -0.25) is 14.9 Å². The van der Waals surface area contributed by atoms with E-state index in [0.717, 1.165) is 4.68 Å². The maximum absolute atomic E-state index is 12.9. The molecule has 8 nitrogen and oxygen atoms in total. The highest BCUT2D eigenvalue weighted by atomic mass is 35.5. The maximum atomic E-state index is 12.9. The van der Waals surface area contributed by atoms with Crippen molar-refractivity contribution in [3.8, 4) is 17.4 Å². The van der Waals surface area contributed by atoms with Crippen LogP contribution in [0.15, 0.2) is 42.5 Å². The highest BCUT2D eigenvalue weighted by Crippen LogP contribution is 2.37. The van der Waals surface area contributed by atoms with Crippen molar-refractivity contribution in [1.29, 1.82) is 0 Å². The number of rotatable bonds is 5. The number of para-hydroxylation sites is 1. The third kappa shape index (κ3) is 3.47. The van der Waals surface area contributed by atoms with E-state index in [4.69, 9.17) is 16.3 Å². The van der Waals surface area contributed by atoms with E-state index in [9.17, 15) is 20.0 Å². The van der Waals surface area contributed by atoms with Crippen molar-refractivity contribution in [2.45, 2.75) is 6.92 Å². The van der Waals surface area contributed by atoms with Crippen LogP contribution in [0.4, 0.5) is 5.69 Å². The minimum atomic E-state index is -0.716. The molecule has 1 heterocycles. The van der Waals surface area contributed by atoms with Gasteiger partial charge in [0.25, 0.3) is 0 Å². The molecule has 0 aliphatic heterocycles. The number of aromatic nitrogens is 2. The third-order valence-corrected chi connectivity index (χ3v) is 4.14. The molecular weight excluding hydrogens is 374 g/mol. The molecule has 1 N–H and O–H groups in total. The van der Waals surface area contributed by atoms with Gasteiger partial charge in [0.1, 0.15) is 16.9 Å². The molecule has 1 aromatic heterocycles. The summed E-state index contributed by atoms with van der Waals surface area (Å²) < 4.78 is 6.71. The second kappa shape index (κ2) is 7.08. The number of hydrogen-bond donors (Lipinski definition) is 1. The fourth-order valence-corrected chi connectivity index (χ4v) is 2.78. The van der Waals surface area contributed by atoms with Gasteiger partial charge < -0.3 is 9.84 Å². The molecule has 0 bridgehead atoms. The maximum Gasteiger partial charge on any atom is 0.322 e. The largest absolute Gasteiger partial charge is 0.493 e. The van der Waals surface area contributed by atoms with Crippen molar-refractivity contribution in [3.05, 3.63) is 74.4 Å². The molecular formula is C18H14ClN3O5. The van der Waals surface area contributed by atoms with E-state index in [2.05, 4.69) is 5.10 Å². The standard InChI is InChI=1S/C18H14ClN3O5/c1-10-15(18(24)21(2)20-10)17(23)13-4-3-5-14(16(13)22(25)26)27-12-8-6-11(19)7-9-12/h3-9,24H,1-2H3. The Balaban J connectivity index is 2.09. The van der Waals surface area contributed by atoms with Crippen LogP contribution in [0, 0.1) is 17.0 Å². The first-order valence-electron chi connectivity index (χ1n) is 7.77. The number of benzene rings is 2. The third-order valence-electron chi connectivity index (χ3n) is 3.89. The van der Waals surface area contributed by atoms with Crippen LogP contribution >= 0.6 is 11.6 Å². The number of aromatic hydroxyl groups is 1. The number of carbonyl (C=O) groups excluding carboxylic acids is 1. The predicted molar refractivity (Wildman–Crippen MR) is 97.7 cm³/mol. The van der Waals surface area contributed by atoms with Gasteiger partial charge in [-0.1, -0.05) is 17.7 Å². The van der Waals surface area contributed by atoms with E-state index in [-0.39, 0.29) is 28.5 Å². The molecule has 0 fully saturated rings. The average molecular weight is 388 g/mol. The molecule has 27 heavy (non-hydrogen) atoms. The highest BCUT2D eigenvalue weighted by Gasteiger charge is 2.30. The summed E-state index contributed by atoms with van der Waals surface area (Å²) in [6.07, 6.45) is 0. The lowest BCUT2D eigenvalue weighted by atomic mass is 10.0. The normalized spacial score (nSPS) is 10.6. The van der Waals surface area contributed by atoms with Crippen LogP contribution < -0.4 is 4.74 Å². The molecule has 138 valence electrons. The van der Waals surface area contributed by atoms with Gasteiger partial charge in [0, 0.05) is 12.1 Å². The number of carbonyl (C=O) groups is 1. The van der Waals surface area contributed by atoms with Crippen molar-refractivity contribution in [3.63, 3.8) is 0 Å². The first-order valence-corrected chi connectivity index (χ1v) is 8.15. The monoisotopic (exact) mass is 387 g/mol. The lowest BCUT2D eigenvalue weighted by molar-refractivity contribution is -0.385. The van der Waals surface area contributed by atoms with Crippen LogP contribution in [0.25, 0.3) is 0 Å². The second-order valence-electron chi connectivity index (χ2n) is 5.70. The number of nitro benzene ring substituents is 1. The van der Waals surface area contributed by atoms with Crippen molar-refractivity contribution < 1.29 is 19.6 Å². The van der Waals surface area contributed by atoms with Gasteiger partial charge in [0.15, 0.2) is 0 Å². The molecule has 0 radical (unpaired) electrons. The van der Waals surface area contributed by atoms with E-state index in [1.54, 1.807) is 24.3 Å². The molecule has 0 saturated heterocycles. The van der Waals surface area contributed by atoms with Crippen LogP contribution in [0.2, 0.25) is 5.02 Å². The predicted octanol–water partition coefficient (Wildman–Crippen LogP) is 4.02. The Morgan fingerprint density at radius 2 is 1.93 bits per heavy atom. The van der Waals surface area contributed by atoms with Gasteiger partial charge in [-0.05, 0) is 43.3 Å². The Kier molecular flexibility index (Phi) is 4.83. The Morgan fingerprint density at radius 3 is 2.48 bits per heavy atom. The molecule has 0 amide bonds. The van der Waals surface area contributed by atoms with E-state index in [1.165, 1.54) is 32.2 Å². The summed E-state index contributed by atoms with van der Waals surface area (Å²) in [5.74, 6) is -0.858. The van der Waals surface area contributed by atoms with E-state index in [1.807, 2.05) is 0 Å². The summed E-state index contributed by atoms with van der Waals surface area (Å²) in [5, 5.41) is 26.2. The summed E-state index contributed by atoms with van der Waals surface area (Å²) in [4.78, 5) is 23.9. The Hall–Kier alpha value is -3.39. The minimum absolute atomic E-state index is 0.0933. The molecule has 0 spiro atoms. The average Bonchev–Trinajstić information content (AvgIpc) is 2.88. The smallest absolute Gasteiger partial charge is 0.322 e. The van der Waals surface area contributed by atoms with Crippen molar-refractivity contribution in [2.75, 3.05) is 0 Å². The fourth-order valence-electron chi connectivity index (χ4n) is 2.65. The van der Waals surface area contributed by atoms with Crippen LogP contribution in [0.3, 0.4) is 0 Å².